The van der Waals surface area contributed by atoms with E-state index in [1.54, 1.807) is 24.3 Å². The summed E-state index contributed by atoms with van der Waals surface area (Å²) >= 11 is 0. The molecule has 3 aromatic rings. The van der Waals surface area contributed by atoms with Gasteiger partial charge in [-0.15, -0.1) is 0 Å². The first-order valence-electron chi connectivity index (χ1n) is 7.16. The lowest BCUT2D eigenvalue weighted by atomic mass is 10.0. The summed E-state index contributed by atoms with van der Waals surface area (Å²) in [4.78, 5) is 16.2. The zero-order chi connectivity index (χ0) is 16.2. The van der Waals surface area contributed by atoms with E-state index >= 15 is 0 Å². The van der Waals surface area contributed by atoms with Crippen molar-refractivity contribution in [1.82, 2.24) is 4.98 Å². The summed E-state index contributed by atoms with van der Waals surface area (Å²) < 4.78 is 5.34. The highest BCUT2D eigenvalue weighted by atomic mass is 16.5. The number of benzene rings is 2. The van der Waals surface area contributed by atoms with Crippen LogP contribution in [0.2, 0.25) is 0 Å². The van der Waals surface area contributed by atoms with Crippen LogP contribution in [-0.2, 0) is 0 Å². The molecule has 0 aliphatic rings. The third-order valence-corrected chi connectivity index (χ3v) is 3.44. The first-order chi connectivity index (χ1) is 11.2. The summed E-state index contributed by atoms with van der Waals surface area (Å²) in [5, 5.41) is 18.8. The molecular weight excluding hydrogens is 294 g/mol. The quantitative estimate of drug-likeness (QED) is 0.757. The molecule has 0 radical (unpaired) electrons. The Morgan fingerprint density at radius 3 is 2.57 bits per heavy atom. The Balaban J connectivity index is 2.15. The van der Waals surface area contributed by atoms with Crippen molar-refractivity contribution < 1.29 is 19.7 Å². The number of fused-ring (bicyclic) bond motifs is 1. The zero-order valence-electron chi connectivity index (χ0n) is 12.3. The molecule has 2 N–H and O–H groups in total. The smallest absolute Gasteiger partial charge is 0.336 e. The van der Waals surface area contributed by atoms with Crippen molar-refractivity contribution in [2.24, 2.45) is 0 Å². The van der Waals surface area contributed by atoms with Gasteiger partial charge in [0.05, 0.1) is 23.4 Å². The molecule has 0 aliphatic carbocycles. The molecule has 0 amide bonds. The van der Waals surface area contributed by atoms with Crippen LogP contribution in [0.15, 0.2) is 54.6 Å². The van der Waals surface area contributed by atoms with Crippen molar-refractivity contribution in [3.63, 3.8) is 0 Å². The Bertz CT molecular complexity index is 846. The SMILES string of the molecule is O=C(O)c1cc(-c2ccccc2)nc2ccc(OCCO)cc12. The third kappa shape index (κ3) is 3.14. The fraction of sp³-hybridized carbons (Fsp3) is 0.111. The molecule has 5 heteroatoms. The van der Waals surface area contributed by atoms with Gasteiger partial charge in [0.2, 0.25) is 0 Å². The molecular formula is C18H15NO4. The van der Waals surface area contributed by atoms with Gasteiger partial charge in [-0.3, -0.25) is 0 Å². The number of carboxylic acid groups (broad SMARTS) is 1. The second-order valence-corrected chi connectivity index (χ2v) is 4.98. The van der Waals surface area contributed by atoms with Crippen LogP contribution in [0.25, 0.3) is 22.2 Å². The van der Waals surface area contributed by atoms with E-state index in [0.29, 0.717) is 22.3 Å². The minimum atomic E-state index is -1.02. The standard InChI is InChI=1S/C18H15NO4/c20-8-9-23-13-6-7-16-14(10-13)15(18(21)22)11-17(19-16)12-4-2-1-3-5-12/h1-7,10-11,20H,8-9H2,(H,21,22). The van der Waals surface area contributed by atoms with Crippen LogP contribution in [-0.4, -0.2) is 34.4 Å². The number of pyridine rings is 1. The Morgan fingerprint density at radius 2 is 1.87 bits per heavy atom. The second kappa shape index (κ2) is 6.46. The van der Waals surface area contributed by atoms with Crippen LogP contribution < -0.4 is 4.74 Å². The van der Waals surface area contributed by atoms with Gasteiger partial charge in [0, 0.05) is 10.9 Å². The summed E-state index contributed by atoms with van der Waals surface area (Å²) in [7, 11) is 0. The first-order valence-corrected chi connectivity index (χ1v) is 7.16. The molecule has 1 aromatic heterocycles. The summed E-state index contributed by atoms with van der Waals surface area (Å²) in [6.45, 7) is 0.0540. The van der Waals surface area contributed by atoms with Crippen LogP contribution in [0.4, 0.5) is 0 Å². The van der Waals surface area contributed by atoms with E-state index in [2.05, 4.69) is 4.98 Å². The molecule has 0 spiro atoms. The number of aliphatic hydroxyl groups is 1. The lowest BCUT2D eigenvalue weighted by Gasteiger charge is -2.09. The van der Waals surface area contributed by atoms with E-state index in [1.165, 1.54) is 0 Å². The Labute approximate surface area is 132 Å². The molecule has 0 fully saturated rings. The number of hydrogen-bond donors (Lipinski definition) is 2. The van der Waals surface area contributed by atoms with Crippen molar-refractivity contribution >= 4 is 16.9 Å². The van der Waals surface area contributed by atoms with E-state index < -0.39 is 5.97 Å². The van der Waals surface area contributed by atoms with Crippen molar-refractivity contribution in [2.75, 3.05) is 13.2 Å². The van der Waals surface area contributed by atoms with E-state index in [1.807, 2.05) is 30.3 Å². The maximum absolute atomic E-state index is 11.6. The van der Waals surface area contributed by atoms with Crippen molar-refractivity contribution in [3.8, 4) is 17.0 Å². The van der Waals surface area contributed by atoms with E-state index in [4.69, 9.17) is 9.84 Å². The Morgan fingerprint density at radius 1 is 1.09 bits per heavy atom. The second-order valence-electron chi connectivity index (χ2n) is 4.98. The molecule has 0 saturated carbocycles. The lowest BCUT2D eigenvalue weighted by Crippen LogP contribution is -2.03. The average molecular weight is 309 g/mol. The molecule has 0 bridgehead atoms. The maximum atomic E-state index is 11.6. The fourth-order valence-corrected chi connectivity index (χ4v) is 2.39. The van der Waals surface area contributed by atoms with Crippen LogP contribution >= 0.6 is 0 Å². The molecule has 2 aromatic carbocycles. The molecule has 0 unspecified atom stereocenters. The van der Waals surface area contributed by atoms with E-state index in [9.17, 15) is 9.90 Å². The molecule has 3 rings (SSSR count). The number of aromatic nitrogens is 1. The van der Waals surface area contributed by atoms with Gasteiger partial charge in [-0.2, -0.15) is 0 Å². The fourth-order valence-electron chi connectivity index (χ4n) is 2.39. The molecule has 23 heavy (non-hydrogen) atoms. The number of carboxylic acids is 1. The number of hydrogen-bond acceptors (Lipinski definition) is 4. The number of aromatic carboxylic acids is 1. The van der Waals surface area contributed by atoms with Gasteiger partial charge in [-0.05, 0) is 24.3 Å². The van der Waals surface area contributed by atoms with Crippen LogP contribution in [0.3, 0.4) is 0 Å². The molecule has 116 valence electrons. The average Bonchev–Trinajstić information content (AvgIpc) is 2.59. The summed E-state index contributed by atoms with van der Waals surface area (Å²) in [6.07, 6.45) is 0. The molecule has 1 heterocycles. The van der Waals surface area contributed by atoms with Gasteiger partial charge in [-0.25, -0.2) is 9.78 Å². The predicted molar refractivity (Wildman–Crippen MR) is 86.7 cm³/mol. The van der Waals surface area contributed by atoms with Crippen LogP contribution in [0.5, 0.6) is 5.75 Å². The topological polar surface area (TPSA) is 79.7 Å². The van der Waals surface area contributed by atoms with Gasteiger partial charge >= 0.3 is 5.97 Å². The number of ether oxygens (including phenoxy) is 1. The maximum Gasteiger partial charge on any atom is 0.336 e. The number of nitrogens with zero attached hydrogens (tertiary/aromatic N) is 1. The zero-order valence-corrected chi connectivity index (χ0v) is 12.3. The number of rotatable bonds is 5. The first kappa shape index (κ1) is 15.0. The minimum Gasteiger partial charge on any atom is -0.491 e. The molecule has 0 aliphatic heterocycles. The van der Waals surface area contributed by atoms with Crippen molar-refractivity contribution in [1.29, 1.82) is 0 Å². The van der Waals surface area contributed by atoms with E-state index in [-0.39, 0.29) is 18.8 Å². The van der Waals surface area contributed by atoms with Gasteiger partial charge in [-0.1, -0.05) is 30.3 Å². The Hall–Kier alpha value is -2.92. The normalized spacial score (nSPS) is 10.7. The van der Waals surface area contributed by atoms with Crippen LogP contribution in [0.1, 0.15) is 10.4 Å². The monoisotopic (exact) mass is 309 g/mol. The Kier molecular flexibility index (Phi) is 4.21. The summed E-state index contributed by atoms with van der Waals surface area (Å²) in [5.74, 6) is -0.516. The largest absolute Gasteiger partial charge is 0.491 e. The van der Waals surface area contributed by atoms with Gasteiger partial charge < -0.3 is 14.9 Å². The van der Waals surface area contributed by atoms with Gasteiger partial charge in [0.15, 0.2) is 0 Å². The van der Waals surface area contributed by atoms with Crippen molar-refractivity contribution in [3.05, 3.63) is 60.2 Å². The third-order valence-electron chi connectivity index (χ3n) is 3.44. The number of aliphatic hydroxyl groups excluding tert-OH is 1. The highest BCUT2D eigenvalue weighted by Gasteiger charge is 2.13. The predicted octanol–water partition coefficient (Wildman–Crippen LogP) is 2.97. The summed E-state index contributed by atoms with van der Waals surface area (Å²) in [5.41, 5.74) is 2.22. The van der Waals surface area contributed by atoms with Crippen molar-refractivity contribution in [2.45, 2.75) is 0 Å². The van der Waals surface area contributed by atoms with Crippen LogP contribution in [0, 0.1) is 0 Å². The molecule has 5 nitrogen and oxygen atoms in total. The molecule has 0 saturated heterocycles. The molecule has 0 atom stereocenters. The minimum absolute atomic E-state index is 0.102. The highest BCUT2D eigenvalue weighted by molar-refractivity contribution is 6.04. The highest BCUT2D eigenvalue weighted by Crippen LogP contribution is 2.27. The number of carbonyl (C=O) groups is 1. The van der Waals surface area contributed by atoms with Gasteiger partial charge in [0.25, 0.3) is 0 Å². The lowest BCUT2D eigenvalue weighted by molar-refractivity contribution is 0.0699. The van der Waals surface area contributed by atoms with Gasteiger partial charge in [0.1, 0.15) is 12.4 Å². The summed E-state index contributed by atoms with van der Waals surface area (Å²) in [6, 6.07) is 16.1. The van der Waals surface area contributed by atoms with E-state index in [0.717, 1.165) is 5.56 Å².